The molecule has 2 heterocycles. The zero-order valence-corrected chi connectivity index (χ0v) is 19.5. The lowest BCUT2D eigenvalue weighted by Gasteiger charge is -2.42. The van der Waals surface area contributed by atoms with Crippen LogP contribution in [0.1, 0.15) is 72.5 Å². The van der Waals surface area contributed by atoms with Gasteiger partial charge < -0.3 is 5.32 Å². The molecule has 1 fully saturated rings. The molecule has 1 saturated heterocycles. The summed E-state index contributed by atoms with van der Waals surface area (Å²) >= 11 is 0. The summed E-state index contributed by atoms with van der Waals surface area (Å²) in [6.07, 6.45) is 18.1. The first-order valence-corrected chi connectivity index (χ1v) is 12.1. The van der Waals surface area contributed by atoms with Crippen LogP contribution in [-0.4, -0.2) is 18.1 Å². The molecule has 164 valence electrons. The highest BCUT2D eigenvalue weighted by Crippen LogP contribution is 2.47. The van der Waals surface area contributed by atoms with Gasteiger partial charge in [0, 0.05) is 23.0 Å². The molecule has 0 amide bonds. The molecule has 2 heteroatoms. The first-order valence-electron chi connectivity index (χ1n) is 12.1. The fraction of sp³-hybridized carbons (Fsp3) is 0.367. The number of fused-ring (bicyclic) bond motifs is 1. The predicted octanol–water partition coefficient (Wildman–Crippen LogP) is 6.90. The summed E-state index contributed by atoms with van der Waals surface area (Å²) in [5.41, 5.74) is 11.9. The number of hydrogen-bond acceptors (Lipinski definition) is 2. The summed E-state index contributed by atoms with van der Waals surface area (Å²) in [4.78, 5) is 4.78. The Morgan fingerprint density at radius 2 is 1.97 bits per heavy atom. The molecule has 1 aromatic heterocycles. The van der Waals surface area contributed by atoms with Crippen molar-refractivity contribution in [2.45, 2.75) is 52.4 Å². The molecule has 0 atom stereocenters. The van der Waals surface area contributed by atoms with Crippen LogP contribution in [0.2, 0.25) is 0 Å². The Morgan fingerprint density at radius 1 is 1.12 bits per heavy atom. The van der Waals surface area contributed by atoms with Crippen molar-refractivity contribution in [2.75, 3.05) is 13.1 Å². The Balaban J connectivity index is 1.52. The van der Waals surface area contributed by atoms with Crippen LogP contribution in [0.15, 0.2) is 61.3 Å². The van der Waals surface area contributed by atoms with Crippen LogP contribution in [0, 0.1) is 12.3 Å². The van der Waals surface area contributed by atoms with Crippen molar-refractivity contribution < 1.29 is 0 Å². The Labute approximate surface area is 192 Å². The van der Waals surface area contributed by atoms with Crippen LogP contribution in [-0.2, 0) is 6.42 Å². The van der Waals surface area contributed by atoms with Crippen molar-refractivity contribution in [3.63, 3.8) is 0 Å². The topological polar surface area (TPSA) is 24.9 Å². The molecule has 2 aromatic rings. The van der Waals surface area contributed by atoms with Crippen LogP contribution in [0.5, 0.6) is 0 Å². The molecule has 0 radical (unpaired) electrons. The van der Waals surface area contributed by atoms with E-state index in [0.29, 0.717) is 5.41 Å². The SMILES string of the molecule is C=C1CC2(CCNCC2)Cc2cc(/C(=C/C)c3cc(C4=CCCC=C4)cnc3C)ccc21. The molecule has 1 spiro atoms. The van der Waals surface area contributed by atoms with Crippen LogP contribution in [0.4, 0.5) is 0 Å². The van der Waals surface area contributed by atoms with E-state index in [1.165, 1.54) is 63.8 Å². The average molecular weight is 423 g/mol. The molecular formula is C30H34N2. The van der Waals surface area contributed by atoms with E-state index in [0.717, 1.165) is 38.0 Å². The Morgan fingerprint density at radius 3 is 2.72 bits per heavy atom. The van der Waals surface area contributed by atoms with E-state index in [4.69, 9.17) is 4.98 Å². The molecule has 2 aliphatic carbocycles. The average Bonchev–Trinajstić information content (AvgIpc) is 2.81. The normalized spacial score (nSPS) is 20.2. The third-order valence-corrected chi connectivity index (χ3v) is 7.61. The first kappa shape index (κ1) is 21.2. The Kier molecular flexibility index (Phi) is 5.73. The lowest BCUT2D eigenvalue weighted by Crippen LogP contribution is -2.40. The van der Waals surface area contributed by atoms with E-state index >= 15 is 0 Å². The minimum Gasteiger partial charge on any atom is -0.317 e. The lowest BCUT2D eigenvalue weighted by atomic mass is 9.65. The van der Waals surface area contributed by atoms with Gasteiger partial charge in [0.1, 0.15) is 0 Å². The van der Waals surface area contributed by atoms with Gasteiger partial charge in [-0.05, 0) is 110 Å². The van der Waals surface area contributed by atoms with Gasteiger partial charge in [0.25, 0.3) is 0 Å². The molecule has 0 bridgehead atoms. The summed E-state index contributed by atoms with van der Waals surface area (Å²) in [5.74, 6) is 0. The Hall–Kier alpha value is -2.71. The fourth-order valence-corrected chi connectivity index (χ4v) is 5.85. The molecule has 2 nitrogen and oxygen atoms in total. The monoisotopic (exact) mass is 422 g/mol. The molecule has 32 heavy (non-hydrogen) atoms. The van der Waals surface area contributed by atoms with E-state index in [9.17, 15) is 0 Å². The maximum absolute atomic E-state index is 4.78. The van der Waals surface area contributed by atoms with Gasteiger partial charge in [-0.1, -0.05) is 49.1 Å². The molecule has 5 rings (SSSR count). The second-order valence-corrected chi connectivity index (χ2v) is 9.78. The van der Waals surface area contributed by atoms with Crippen molar-refractivity contribution in [1.82, 2.24) is 10.3 Å². The number of aromatic nitrogens is 1. The van der Waals surface area contributed by atoms with Gasteiger partial charge in [-0.2, -0.15) is 0 Å². The van der Waals surface area contributed by atoms with Crippen molar-refractivity contribution >= 4 is 16.7 Å². The zero-order chi connectivity index (χ0) is 22.1. The minimum absolute atomic E-state index is 0.390. The molecule has 1 aromatic carbocycles. The number of allylic oxidation sites excluding steroid dienone is 6. The van der Waals surface area contributed by atoms with Gasteiger partial charge in [0.2, 0.25) is 0 Å². The molecule has 3 aliphatic rings. The van der Waals surface area contributed by atoms with Crippen LogP contribution in [0.25, 0.3) is 16.7 Å². The molecular weight excluding hydrogens is 388 g/mol. The van der Waals surface area contributed by atoms with E-state index in [1.807, 2.05) is 6.20 Å². The third-order valence-electron chi connectivity index (χ3n) is 7.61. The summed E-state index contributed by atoms with van der Waals surface area (Å²) < 4.78 is 0. The van der Waals surface area contributed by atoms with Crippen molar-refractivity contribution in [3.8, 4) is 0 Å². The number of benzene rings is 1. The van der Waals surface area contributed by atoms with E-state index in [2.05, 4.69) is 74.3 Å². The quantitative estimate of drug-likeness (QED) is 0.582. The first-order chi connectivity index (χ1) is 15.6. The van der Waals surface area contributed by atoms with Gasteiger partial charge in [0.05, 0.1) is 0 Å². The number of pyridine rings is 1. The second kappa shape index (κ2) is 8.67. The summed E-state index contributed by atoms with van der Waals surface area (Å²) in [7, 11) is 0. The highest BCUT2D eigenvalue weighted by atomic mass is 14.9. The third kappa shape index (κ3) is 3.93. The standard InChI is InChI=1S/C30H34N2/c1-4-27(29-17-26(20-32-22(29)3)23-8-6-5-7-9-23)24-10-11-28-21(2)18-30(19-25(28)16-24)12-14-31-15-13-30/h4,6,8-11,16-17,20,31H,2,5,7,12-15,18-19H2,1,3H3/b27-4-. The zero-order valence-electron chi connectivity index (χ0n) is 19.5. The van der Waals surface area contributed by atoms with Gasteiger partial charge in [-0.25, -0.2) is 0 Å². The highest BCUT2D eigenvalue weighted by molar-refractivity contribution is 5.85. The lowest BCUT2D eigenvalue weighted by molar-refractivity contribution is 0.201. The van der Waals surface area contributed by atoms with E-state index < -0.39 is 0 Å². The molecule has 1 N–H and O–H groups in total. The van der Waals surface area contributed by atoms with E-state index in [-0.39, 0.29) is 0 Å². The smallest absolute Gasteiger partial charge is 0.0451 e. The Bertz CT molecular complexity index is 1140. The van der Waals surface area contributed by atoms with Crippen LogP contribution < -0.4 is 5.32 Å². The number of nitrogens with one attached hydrogen (secondary N) is 1. The maximum atomic E-state index is 4.78. The van der Waals surface area contributed by atoms with Gasteiger partial charge >= 0.3 is 0 Å². The second-order valence-electron chi connectivity index (χ2n) is 9.78. The van der Waals surface area contributed by atoms with Crippen LogP contribution in [0.3, 0.4) is 0 Å². The highest BCUT2D eigenvalue weighted by Gasteiger charge is 2.37. The number of nitrogens with zero attached hydrogens (tertiary/aromatic N) is 1. The fourth-order valence-electron chi connectivity index (χ4n) is 5.85. The van der Waals surface area contributed by atoms with Crippen molar-refractivity contribution in [2.24, 2.45) is 5.41 Å². The number of hydrogen-bond donors (Lipinski definition) is 1. The van der Waals surface area contributed by atoms with Gasteiger partial charge in [-0.15, -0.1) is 0 Å². The number of aryl methyl sites for hydroxylation is 1. The summed E-state index contributed by atoms with van der Waals surface area (Å²) in [6, 6.07) is 9.35. The maximum Gasteiger partial charge on any atom is 0.0451 e. The molecule has 1 aliphatic heterocycles. The van der Waals surface area contributed by atoms with Gasteiger partial charge in [0.15, 0.2) is 0 Å². The number of piperidine rings is 1. The van der Waals surface area contributed by atoms with E-state index in [1.54, 1.807) is 0 Å². The summed E-state index contributed by atoms with van der Waals surface area (Å²) in [5, 5.41) is 3.54. The van der Waals surface area contributed by atoms with Gasteiger partial charge in [-0.3, -0.25) is 4.98 Å². The summed E-state index contributed by atoms with van der Waals surface area (Å²) in [6.45, 7) is 11.0. The molecule has 0 unspecified atom stereocenters. The number of rotatable bonds is 3. The van der Waals surface area contributed by atoms with Crippen molar-refractivity contribution in [3.05, 3.63) is 94.9 Å². The minimum atomic E-state index is 0.390. The molecule has 0 saturated carbocycles. The van der Waals surface area contributed by atoms with Crippen LogP contribution >= 0.6 is 0 Å². The predicted molar refractivity (Wildman–Crippen MR) is 136 cm³/mol. The van der Waals surface area contributed by atoms with Crippen molar-refractivity contribution in [1.29, 1.82) is 0 Å². The largest absolute Gasteiger partial charge is 0.317 e.